The van der Waals surface area contributed by atoms with Crippen molar-refractivity contribution in [2.75, 3.05) is 13.1 Å². The Morgan fingerprint density at radius 3 is 2.67 bits per heavy atom. The Balaban J connectivity index is 1.80. The summed E-state index contributed by atoms with van der Waals surface area (Å²) >= 11 is 0. The first-order valence-electron chi connectivity index (χ1n) is 8.25. The molecule has 3 atom stereocenters. The number of aliphatic carboxylic acids is 1. The molecule has 1 aliphatic heterocycles. The van der Waals surface area contributed by atoms with Crippen LogP contribution in [-0.4, -0.2) is 41.1 Å². The van der Waals surface area contributed by atoms with Gasteiger partial charge in [-0.25, -0.2) is 4.79 Å². The molecule has 0 aromatic heterocycles. The van der Waals surface area contributed by atoms with Crippen LogP contribution in [0, 0.1) is 17.8 Å². The van der Waals surface area contributed by atoms with Crippen LogP contribution in [0.5, 0.6) is 0 Å². The van der Waals surface area contributed by atoms with Gasteiger partial charge in [0.25, 0.3) is 0 Å². The Kier molecular flexibility index (Phi) is 5.48. The average molecular weight is 296 g/mol. The standard InChI is InChI=1S/C16H28N2O3/c1-11(2)6-7-12-4-3-5-14(12)17-16(21)18-9-8-13(10-18)15(19)20/h11-14H,3-10H2,1-2H3,(H,17,21)(H,19,20). The predicted molar refractivity (Wildman–Crippen MR) is 81.0 cm³/mol. The number of hydrogen-bond donors (Lipinski definition) is 2. The SMILES string of the molecule is CC(C)CCC1CCCC1NC(=O)N1CCC(C(=O)O)C1. The maximum atomic E-state index is 12.3. The van der Waals surface area contributed by atoms with Crippen LogP contribution in [0.25, 0.3) is 0 Å². The van der Waals surface area contributed by atoms with Gasteiger partial charge in [0.15, 0.2) is 0 Å². The van der Waals surface area contributed by atoms with E-state index in [9.17, 15) is 9.59 Å². The molecule has 1 saturated heterocycles. The number of likely N-dealkylation sites (tertiary alicyclic amines) is 1. The van der Waals surface area contributed by atoms with Crippen molar-refractivity contribution in [2.45, 2.75) is 58.4 Å². The topological polar surface area (TPSA) is 69.6 Å². The monoisotopic (exact) mass is 296 g/mol. The van der Waals surface area contributed by atoms with Gasteiger partial charge in [-0.1, -0.05) is 26.7 Å². The molecule has 0 aromatic carbocycles. The van der Waals surface area contributed by atoms with Gasteiger partial charge in [0.05, 0.1) is 5.92 Å². The lowest BCUT2D eigenvalue weighted by atomic mass is 9.94. The summed E-state index contributed by atoms with van der Waals surface area (Å²) in [5.41, 5.74) is 0. The Labute approximate surface area is 127 Å². The summed E-state index contributed by atoms with van der Waals surface area (Å²) < 4.78 is 0. The van der Waals surface area contributed by atoms with Crippen molar-refractivity contribution >= 4 is 12.0 Å². The molecule has 3 unspecified atom stereocenters. The van der Waals surface area contributed by atoms with Crippen LogP contribution in [0.15, 0.2) is 0 Å². The molecule has 2 fully saturated rings. The van der Waals surface area contributed by atoms with E-state index in [-0.39, 0.29) is 12.1 Å². The smallest absolute Gasteiger partial charge is 0.317 e. The zero-order valence-electron chi connectivity index (χ0n) is 13.2. The fourth-order valence-corrected chi connectivity index (χ4v) is 3.52. The minimum Gasteiger partial charge on any atom is -0.481 e. The molecule has 2 aliphatic rings. The highest BCUT2D eigenvalue weighted by Crippen LogP contribution is 2.31. The summed E-state index contributed by atoms with van der Waals surface area (Å²) in [6.07, 6.45) is 6.41. The van der Waals surface area contributed by atoms with Crippen molar-refractivity contribution in [2.24, 2.45) is 17.8 Å². The number of carbonyl (C=O) groups excluding carboxylic acids is 1. The zero-order chi connectivity index (χ0) is 15.4. The molecule has 2 N–H and O–H groups in total. The number of carboxylic acid groups (broad SMARTS) is 1. The van der Waals surface area contributed by atoms with E-state index < -0.39 is 11.9 Å². The Bertz CT molecular complexity index is 384. The summed E-state index contributed by atoms with van der Waals surface area (Å²) in [4.78, 5) is 24.9. The third-order valence-corrected chi connectivity index (χ3v) is 4.91. The second kappa shape index (κ2) is 7.14. The molecule has 5 nitrogen and oxygen atoms in total. The third kappa shape index (κ3) is 4.35. The van der Waals surface area contributed by atoms with Gasteiger partial charge in [-0.15, -0.1) is 0 Å². The Morgan fingerprint density at radius 2 is 2.05 bits per heavy atom. The van der Waals surface area contributed by atoms with Crippen molar-refractivity contribution in [3.05, 3.63) is 0 Å². The summed E-state index contributed by atoms with van der Waals surface area (Å²) in [6.45, 7) is 5.38. The first kappa shape index (κ1) is 16.1. The normalized spacial score (nSPS) is 29.1. The van der Waals surface area contributed by atoms with Gasteiger partial charge in [-0.05, 0) is 37.5 Å². The highest BCUT2D eigenvalue weighted by Gasteiger charge is 2.34. The van der Waals surface area contributed by atoms with Gasteiger partial charge >= 0.3 is 12.0 Å². The first-order valence-corrected chi connectivity index (χ1v) is 8.25. The first-order chi connectivity index (χ1) is 9.97. The van der Waals surface area contributed by atoms with Crippen LogP contribution in [0.1, 0.15) is 52.4 Å². The van der Waals surface area contributed by atoms with E-state index >= 15 is 0 Å². The highest BCUT2D eigenvalue weighted by molar-refractivity contribution is 5.77. The molecule has 5 heteroatoms. The van der Waals surface area contributed by atoms with E-state index in [1.54, 1.807) is 4.90 Å². The van der Waals surface area contributed by atoms with Crippen molar-refractivity contribution in [3.8, 4) is 0 Å². The molecule has 0 radical (unpaired) electrons. The molecule has 1 aliphatic carbocycles. The third-order valence-electron chi connectivity index (χ3n) is 4.91. The molecule has 2 rings (SSSR count). The summed E-state index contributed by atoms with van der Waals surface area (Å²) in [7, 11) is 0. The number of rotatable bonds is 5. The van der Waals surface area contributed by atoms with E-state index in [0.717, 1.165) is 6.42 Å². The number of carbonyl (C=O) groups is 2. The summed E-state index contributed by atoms with van der Waals surface area (Å²) in [5, 5.41) is 12.2. The molecule has 21 heavy (non-hydrogen) atoms. The number of amides is 2. The fraction of sp³-hybridized carbons (Fsp3) is 0.875. The fourth-order valence-electron chi connectivity index (χ4n) is 3.52. The molecular weight excluding hydrogens is 268 g/mol. The minimum atomic E-state index is -0.791. The number of hydrogen-bond acceptors (Lipinski definition) is 2. The van der Waals surface area contributed by atoms with E-state index in [0.29, 0.717) is 31.3 Å². The molecular formula is C16H28N2O3. The van der Waals surface area contributed by atoms with E-state index in [1.807, 2.05) is 0 Å². The number of urea groups is 1. The van der Waals surface area contributed by atoms with Crippen LogP contribution >= 0.6 is 0 Å². The van der Waals surface area contributed by atoms with Gasteiger partial charge in [0.1, 0.15) is 0 Å². The van der Waals surface area contributed by atoms with Crippen LogP contribution < -0.4 is 5.32 Å². The molecule has 1 heterocycles. The zero-order valence-corrected chi connectivity index (χ0v) is 13.2. The van der Waals surface area contributed by atoms with Gasteiger partial charge in [0.2, 0.25) is 0 Å². The predicted octanol–water partition coefficient (Wildman–Crippen LogP) is 2.71. The summed E-state index contributed by atoms with van der Waals surface area (Å²) in [5.74, 6) is 0.114. The van der Waals surface area contributed by atoms with Crippen molar-refractivity contribution < 1.29 is 14.7 Å². The maximum absolute atomic E-state index is 12.3. The number of nitrogens with zero attached hydrogens (tertiary/aromatic N) is 1. The molecule has 1 saturated carbocycles. The maximum Gasteiger partial charge on any atom is 0.317 e. The van der Waals surface area contributed by atoms with Gasteiger partial charge in [-0.3, -0.25) is 4.79 Å². The second-order valence-corrected chi connectivity index (χ2v) is 6.99. The van der Waals surface area contributed by atoms with Crippen LogP contribution in [-0.2, 0) is 4.79 Å². The average Bonchev–Trinajstić information content (AvgIpc) is 3.05. The molecule has 120 valence electrons. The van der Waals surface area contributed by atoms with E-state index in [1.165, 1.54) is 25.7 Å². The lowest BCUT2D eigenvalue weighted by molar-refractivity contribution is -0.141. The van der Waals surface area contributed by atoms with Crippen LogP contribution in [0.3, 0.4) is 0 Å². The van der Waals surface area contributed by atoms with Crippen molar-refractivity contribution in [3.63, 3.8) is 0 Å². The Hall–Kier alpha value is -1.26. The van der Waals surface area contributed by atoms with E-state index in [2.05, 4.69) is 19.2 Å². The largest absolute Gasteiger partial charge is 0.481 e. The lowest BCUT2D eigenvalue weighted by Gasteiger charge is -2.25. The van der Waals surface area contributed by atoms with Crippen LogP contribution in [0.4, 0.5) is 4.79 Å². The molecule has 0 bridgehead atoms. The number of carboxylic acids is 1. The number of nitrogens with one attached hydrogen (secondary N) is 1. The summed E-state index contributed by atoms with van der Waals surface area (Å²) in [6, 6.07) is 0.209. The quantitative estimate of drug-likeness (QED) is 0.819. The second-order valence-electron chi connectivity index (χ2n) is 6.99. The highest BCUT2D eigenvalue weighted by atomic mass is 16.4. The van der Waals surface area contributed by atoms with Gasteiger partial charge in [-0.2, -0.15) is 0 Å². The lowest BCUT2D eigenvalue weighted by Crippen LogP contribution is -2.45. The molecule has 2 amide bonds. The van der Waals surface area contributed by atoms with Crippen molar-refractivity contribution in [1.29, 1.82) is 0 Å². The van der Waals surface area contributed by atoms with Crippen molar-refractivity contribution in [1.82, 2.24) is 10.2 Å². The van der Waals surface area contributed by atoms with Gasteiger partial charge in [0, 0.05) is 19.1 Å². The minimum absolute atomic E-state index is 0.0693. The van der Waals surface area contributed by atoms with Gasteiger partial charge < -0.3 is 15.3 Å². The molecule has 0 spiro atoms. The molecule has 0 aromatic rings. The Morgan fingerprint density at radius 1 is 1.29 bits per heavy atom. The van der Waals surface area contributed by atoms with Crippen LogP contribution in [0.2, 0.25) is 0 Å². The van der Waals surface area contributed by atoms with E-state index in [4.69, 9.17) is 5.11 Å².